The number of rotatable bonds is 1. The monoisotopic (exact) mass is 437 g/mol. The number of hydrogen-bond acceptors (Lipinski definition) is 1. The van der Waals surface area contributed by atoms with E-state index in [-0.39, 0.29) is 26.8 Å². The Morgan fingerprint density at radius 1 is 0.581 bits per heavy atom. The Kier molecular flexibility index (Phi) is 5.56. The molecule has 0 spiro atoms. The normalized spacial score (nSPS) is 15.7. The van der Waals surface area contributed by atoms with E-state index in [0.717, 1.165) is 0 Å². The molecule has 0 unspecified atom stereocenters. The van der Waals surface area contributed by atoms with Gasteiger partial charge in [-0.15, -0.1) is 0 Å². The largest absolute Gasteiger partial charge is 0.317 e. The molecule has 0 saturated heterocycles. The lowest BCUT2D eigenvalue weighted by molar-refractivity contribution is 0.589. The van der Waals surface area contributed by atoms with Crippen LogP contribution in [0, 0.1) is 5.16 Å². The summed E-state index contributed by atoms with van der Waals surface area (Å²) < 4.78 is 0. The van der Waals surface area contributed by atoms with Crippen molar-refractivity contribution in [1.29, 1.82) is 5.16 Å². The Balaban J connectivity index is 2.44. The lowest BCUT2D eigenvalue weighted by Crippen LogP contribution is -2.31. The molecule has 0 radical (unpaired) electrons. The Hall–Kier alpha value is -1.33. The van der Waals surface area contributed by atoms with Gasteiger partial charge in [0, 0.05) is 5.66 Å². The highest BCUT2D eigenvalue weighted by Gasteiger charge is 2.51. The van der Waals surface area contributed by atoms with Crippen molar-refractivity contribution in [2.75, 3.05) is 0 Å². The van der Waals surface area contributed by atoms with Crippen LogP contribution in [-0.4, -0.2) is 10.3 Å². The summed E-state index contributed by atoms with van der Waals surface area (Å²) in [5.41, 5.74) is 8.56. The molecule has 0 atom stereocenters. The topological polar surface area (TPSA) is 23.9 Å². The lowest BCUT2D eigenvalue weighted by Gasteiger charge is -2.49. The van der Waals surface area contributed by atoms with Crippen LogP contribution in [-0.2, 0) is 10.8 Å². The molecule has 1 aliphatic carbocycles. The number of benzene rings is 2. The van der Waals surface area contributed by atoms with Crippen LogP contribution >= 0.6 is 7.05 Å². The minimum absolute atomic E-state index is 0.0791. The Morgan fingerprint density at radius 2 is 0.903 bits per heavy atom. The van der Waals surface area contributed by atoms with Gasteiger partial charge in [-0.05, 0) is 61.6 Å². The van der Waals surface area contributed by atoms with E-state index in [4.69, 9.17) is 0 Å². The van der Waals surface area contributed by atoms with Crippen molar-refractivity contribution in [2.24, 2.45) is 0 Å². The van der Waals surface area contributed by atoms with Gasteiger partial charge < -0.3 is 5.16 Å². The van der Waals surface area contributed by atoms with Crippen molar-refractivity contribution >= 4 is 7.05 Å². The summed E-state index contributed by atoms with van der Waals surface area (Å²) in [5.74, 6) is 0. The van der Waals surface area contributed by atoms with Gasteiger partial charge in [0.2, 0.25) is 0 Å². The van der Waals surface area contributed by atoms with Crippen LogP contribution in [0.4, 0.5) is 0 Å². The van der Waals surface area contributed by atoms with Crippen LogP contribution in [0.1, 0.15) is 111 Å². The van der Waals surface area contributed by atoms with Crippen molar-refractivity contribution in [2.45, 2.75) is 110 Å². The fraction of sp³-hybridized carbons (Fsp3) is 0.586. The third-order valence-corrected chi connectivity index (χ3v) is 12.8. The summed E-state index contributed by atoms with van der Waals surface area (Å²) in [6, 6.07) is 14.2. The second kappa shape index (κ2) is 7.08. The molecule has 0 heterocycles. The highest BCUT2D eigenvalue weighted by molar-refractivity contribution is 7.68. The minimum atomic E-state index is -2.24. The van der Waals surface area contributed by atoms with Crippen LogP contribution in [0.2, 0.25) is 0 Å². The molecule has 31 heavy (non-hydrogen) atoms. The Labute approximate surface area is 191 Å². The van der Waals surface area contributed by atoms with Gasteiger partial charge in [-0.1, -0.05) is 119 Å². The highest BCUT2D eigenvalue weighted by Crippen LogP contribution is 2.79. The minimum Gasteiger partial charge on any atom is -0.317 e. The van der Waals surface area contributed by atoms with E-state index in [1.54, 1.807) is 0 Å². The van der Waals surface area contributed by atoms with E-state index >= 15 is 0 Å². The zero-order valence-electron chi connectivity index (χ0n) is 22.0. The predicted octanol–water partition coefficient (Wildman–Crippen LogP) is 9.73. The van der Waals surface area contributed by atoms with Crippen LogP contribution in [0.3, 0.4) is 0 Å². The SMILES string of the molecule is CC(C)(C)c1ccc2c(c1)C(P(=N)(C(C)(C)C)C(C)(C)C)c1cc(C(C)(C)C)ccc1-2. The molecule has 0 bridgehead atoms. The molecule has 0 aliphatic heterocycles. The molecule has 1 aliphatic rings. The molecule has 0 aromatic heterocycles. The molecular formula is C29H44NP. The van der Waals surface area contributed by atoms with Crippen molar-refractivity contribution < 1.29 is 0 Å². The van der Waals surface area contributed by atoms with E-state index in [2.05, 4.69) is 119 Å². The van der Waals surface area contributed by atoms with Gasteiger partial charge >= 0.3 is 0 Å². The second-order valence-electron chi connectivity index (χ2n) is 13.6. The van der Waals surface area contributed by atoms with Crippen molar-refractivity contribution in [3.05, 3.63) is 58.7 Å². The van der Waals surface area contributed by atoms with E-state index in [0.29, 0.717) is 0 Å². The summed E-state index contributed by atoms with van der Waals surface area (Å²) in [6.45, 7) is 27.6. The molecule has 2 heteroatoms. The molecule has 170 valence electrons. The van der Waals surface area contributed by atoms with Gasteiger partial charge in [0.25, 0.3) is 0 Å². The molecule has 1 N–H and O–H groups in total. The van der Waals surface area contributed by atoms with Crippen LogP contribution in [0.5, 0.6) is 0 Å². The van der Waals surface area contributed by atoms with Gasteiger partial charge in [-0.2, -0.15) is 0 Å². The molecule has 3 rings (SSSR count). The smallest absolute Gasteiger partial charge is 0.0459 e. The average Bonchev–Trinajstić information content (AvgIpc) is 2.90. The summed E-state index contributed by atoms with van der Waals surface area (Å²) >= 11 is 0. The predicted molar refractivity (Wildman–Crippen MR) is 140 cm³/mol. The number of fused-ring (bicyclic) bond motifs is 3. The fourth-order valence-corrected chi connectivity index (χ4v) is 10.2. The molecule has 0 saturated carbocycles. The fourth-order valence-electron chi connectivity index (χ4n) is 5.37. The number of hydrogen-bond donors (Lipinski definition) is 1. The third-order valence-electron chi connectivity index (χ3n) is 7.22. The molecule has 0 amide bonds. The van der Waals surface area contributed by atoms with Crippen molar-refractivity contribution in [3.63, 3.8) is 0 Å². The summed E-state index contributed by atoms with van der Waals surface area (Å²) in [7, 11) is -2.24. The summed E-state index contributed by atoms with van der Waals surface area (Å²) in [6.07, 6.45) is 0. The first-order valence-electron chi connectivity index (χ1n) is 11.7. The number of nitrogens with one attached hydrogen (secondary N) is 1. The standard InChI is InChI=1S/C29H44NP/c1-26(2,3)19-13-15-21-22-16-14-20(27(4,5)6)18-24(22)25(23(21)17-19)31(30,28(7,8)9)29(10,11)12/h13-18,25,30H,1-12H3. The lowest BCUT2D eigenvalue weighted by atomic mass is 9.85. The van der Waals surface area contributed by atoms with Gasteiger partial charge in [0.1, 0.15) is 0 Å². The van der Waals surface area contributed by atoms with Crippen LogP contribution < -0.4 is 0 Å². The first-order chi connectivity index (χ1) is 13.8. The average molecular weight is 438 g/mol. The van der Waals surface area contributed by atoms with Crippen molar-refractivity contribution in [3.8, 4) is 11.1 Å². The van der Waals surface area contributed by atoms with Crippen LogP contribution in [0.15, 0.2) is 36.4 Å². The van der Waals surface area contributed by atoms with Crippen LogP contribution in [0.25, 0.3) is 11.1 Å². The van der Waals surface area contributed by atoms with E-state index < -0.39 is 7.05 Å². The van der Waals surface area contributed by atoms with Gasteiger partial charge in [-0.25, -0.2) is 0 Å². The first kappa shape index (κ1) is 24.3. The molecule has 1 nitrogen and oxygen atoms in total. The molecule has 2 aromatic rings. The highest BCUT2D eigenvalue weighted by atomic mass is 31.2. The van der Waals surface area contributed by atoms with E-state index in [1.807, 2.05) is 0 Å². The third kappa shape index (κ3) is 3.86. The zero-order valence-corrected chi connectivity index (χ0v) is 22.9. The summed E-state index contributed by atoms with van der Waals surface area (Å²) in [5, 5.41) is 10.1. The maximum absolute atomic E-state index is 10.2. The first-order valence-corrected chi connectivity index (χ1v) is 13.6. The Morgan fingerprint density at radius 3 is 1.16 bits per heavy atom. The zero-order chi connectivity index (χ0) is 23.8. The molecule has 2 aromatic carbocycles. The Bertz CT molecular complexity index is 965. The molecular weight excluding hydrogens is 393 g/mol. The van der Waals surface area contributed by atoms with E-state index in [1.165, 1.54) is 33.4 Å². The maximum atomic E-state index is 10.2. The maximum Gasteiger partial charge on any atom is 0.0459 e. The van der Waals surface area contributed by atoms with Gasteiger partial charge in [-0.3, -0.25) is 0 Å². The van der Waals surface area contributed by atoms with E-state index in [9.17, 15) is 5.16 Å². The second-order valence-corrected chi connectivity index (χ2v) is 18.2. The van der Waals surface area contributed by atoms with Gasteiger partial charge in [0.05, 0.1) is 0 Å². The molecule has 0 fully saturated rings. The van der Waals surface area contributed by atoms with Crippen molar-refractivity contribution in [1.82, 2.24) is 0 Å². The summed E-state index contributed by atoms with van der Waals surface area (Å²) in [4.78, 5) is 0. The van der Waals surface area contributed by atoms with Gasteiger partial charge in [0.15, 0.2) is 0 Å². The quantitative estimate of drug-likeness (QED) is 0.429.